The van der Waals surface area contributed by atoms with Gasteiger partial charge in [0.1, 0.15) is 0 Å². The average molecular weight is 373 g/mol. The van der Waals surface area contributed by atoms with Crippen LogP contribution in [0.25, 0.3) is 0 Å². The fraction of sp³-hybridized carbons (Fsp3) is 0.619. The highest BCUT2D eigenvalue weighted by atomic mass is 16.5. The second-order valence-electron chi connectivity index (χ2n) is 7.75. The van der Waals surface area contributed by atoms with Crippen molar-refractivity contribution in [1.29, 1.82) is 0 Å². The Bertz CT molecular complexity index is 656. The van der Waals surface area contributed by atoms with Crippen LogP contribution >= 0.6 is 0 Å². The summed E-state index contributed by atoms with van der Waals surface area (Å²) in [6.45, 7) is 9.90. The van der Waals surface area contributed by atoms with Crippen molar-refractivity contribution in [3.8, 4) is 0 Å². The van der Waals surface area contributed by atoms with Gasteiger partial charge >= 0.3 is 0 Å². The number of hydrogen-bond donors (Lipinski definition) is 1. The maximum atomic E-state index is 12.5. The Kier molecular flexibility index (Phi) is 6.85. The zero-order chi connectivity index (χ0) is 19.2. The van der Waals surface area contributed by atoms with Crippen LogP contribution < -0.4 is 10.2 Å². The van der Waals surface area contributed by atoms with Gasteiger partial charge in [-0.2, -0.15) is 0 Å². The zero-order valence-electron chi connectivity index (χ0n) is 16.4. The molecule has 2 amide bonds. The van der Waals surface area contributed by atoms with Crippen LogP contribution in [-0.4, -0.2) is 62.7 Å². The molecule has 0 bridgehead atoms. The number of anilines is 1. The van der Waals surface area contributed by atoms with Gasteiger partial charge in [0, 0.05) is 38.3 Å². The molecule has 1 unspecified atom stereocenters. The van der Waals surface area contributed by atoms with Gasteiger partial charge in [-0.05, 0) is 36.6 Å². The Morgan fingerprint density at radius 2 is 2.07 bits per heavy atom. The predicted octanol–water partition coefficient (Wildman–Crippen LogP) is 2.00. The highest BCUT2D eigenvalue weighted by Gasteiger charge is 2.35. The molecule has 2 fully saturated rings. The van der Waals surface area contributed by atoms with E-state index in [0.717, 1.165) is 45.0 Å². The van der Waals surface area contributed by atoms with E-state index in [2.05, 4.69) is 36.2 Å². The molecule has 6 nitrogen and oxygen atoms in total. The van der Waals surface area contributed by atoms with Crippen molar-refractivity contribution in [3.05, 3.63) is 29.8 Å². The molecule has 1 aromatic carbocycles. The van der Waals surface area contributed by atoms with E-state index in [1.54, 1.807) is 4.90 Å². The smallest absolute Gasteiger partial charge is 0.227 e. The van der Waals surface area contributed by atoms with Gasteiger partial charge in [-0.25, -0.2) is 0 Å². The number of rotatable bonds is 7. The first-order valence-corrected chi connectivity index (χ1v) is 10.0. The molecule has 1 atom stereocenters. The average Bonchev–Trinajstić information content (AvgIpc) is 3.08. The molecule has 0 saturated carbocycles. The number of carbonyl (C=O) groups is 2. The Labute approximate surface area is 161 Å². The standard InChI is InChI=1S/C21H31N3O3/c1-16(2)17-5-3-6-19(13-17)24-15-18(14-20(24)25)21(26)22-7-4-8-23-9-11-27-12-10-23/h3,5-6,13,16,18H,4,7-12,14-15H2,1-2H3,(H,22,26). The molecule has 148 valence electrons. The van der Waals surface area contributed by atoms with Crippen LogP contribution in [0.15, 0.2) is 24.3 Å². The summed E-state index contributed by atoms with van der Waals surface area (Å²) >= 11 is 0. The van der Waals surface area contributed by atoms with Crippen LogP contribution in [0.3, 0.4) is 0 Å². The van der Waals surface area contributed by atoms with Crippen LogP contribution in [0, 0.1) is 5.92 Å². The minimum Gasteiger partial charge on any atom is -0.379 e. The van der Waals surface area contributed by atoms with Crippen molar-refractivity contribution in [2.24, 2.45) is 5.92 Å². The van der Waals surface area contributed by atoms with Crippen LogP contribution in [0.1, 0.15) is 38.2 Å². The first kappa shape index (κ1) is 19.8. The van der Waals surface area contributed by atoms with Crippen molar-refractivity contribution in [2.45, 2.75) is 32.6 Å². The quantitative estimate of drug-likeness (QED) is 0.743. The van der Waals surface area contributed by atoms with E-state index in [1.165, 1.54) is 5.56 Å². The van der Waals surface area contributed by atoms with E-state index >= 15 is 0 Å². The van der Waals surface area contributed by atoms with Crippen molar-refractivity contribution in [1.82, 2.24) is 10.2 Å². The van der Waals surface area contributed by atoms with E-state index in [9.17, 15) is 9.59 Å². The van der Waals surface area contributed by atoms with Crippen molar-refractivity contribution in [2.75, 3.05) is 50.8 Å². The first-order chi connectivity index (χ1) is 13.0. The molecule has 0 aliphatic carbocycles. The Morgan fingerprint density at radius 3 is 2.81 bits per heavy atom. The molecule has 2 saturated heterocycles. The van der Waals surface area contributed by atoms with Gasteiger partial charge in [-0.15, -0.1) is 0 Å². The Morgan fingerprint density at radius 1 is 1.30 bits per heavy atom. The summed E-state index contributed by atoms with van der Waals surface area (Å²) in [6, 6.07) is 8.07. The van der Waals surface area contributed by atoms with E-state index in [-0.39, 0.29) is 17.7 Å². The van der Waals surface area contributed by atoms with Gasteiger partial charge in [0.15, 0.2) is 0 Å². The molecule has 0 radical (unpaired) electrons. The van der Waals surface area contributed by atoms with Crippen LogP contribution in [0.5, 0.6) is 0 Å². The summed E-state index contributed by atoms with van der Waals surface area (Å²) in [5.41, 5.74) is 2.10. The number of nitrogens with zero attached hydrogens (tertiary/aromatic N) is 2. The molecule has 1 aromatic rings. The largest absolute Gasteiger partial charge is 0.379 e. The molecular weight excluding hydrogens is 342 g/mol. The van der Waals surface area contributed by atoms with Gasteiger partial charge in [0.25, 0.3) is 0 Å². The van der Waals surface area contributed by atoms with E-state index in [4.69, 9.17) is 4.74 Å². The molecule has 3 rings (SSSR count). The van der Waals surface area contributed by atoms with Gasteiger partial charge in [0.05, 0.1) is 19.1 Å². The minimum atomic E-state index is -0.261. The lowest BCUT2D eigenvalue weighted by atomic mass is 10.0. The first-order valence-electron chi connectivity index (χ1n) is 10.0. The molecule has 0 aromatic heterocycles. The van der Waals surface area contributed by atoms with Gasteiger partial charge in [0.2, 0.25) is 11.8 Å². The highest BCUT2D eigenvalue weighted by Crippen LogP contribution is 2.27. The number of benzene rings is 1. The zero-order valence-corrected chi connectivity index (χ0v) is 16.4. The third-order valence-electron chi connectivity index (χ3n) is 5.40. The number of amides is 2. The molecule has 2 heterocycles. The number of nitrogens with one attached hydrogen (secondary N) is 1. The van der Waals surface area contributed by atoms with Crippen molar-refractivity contribution in [3.63, 3.8) is 0 Å². The van der Waals surface area contributed by atoms with Crippen molar-refractivity contribution < 1.29 is 14.3 Å². The van der Waals surface area contributed by atoms with Gasteiger partial charge in [-0.3, -0.25) is 14.5 Å². The molecule has 27 heavy (non-hydrogen) atoms. The second kappa shape index (κ2) is 9.33. The van der Waals surface area contributed by atoms with Crippen LogP contribution in [0.4, 0.5) is 5.69 Å². The number of morpholine rings is 1. The second-order valence-corrected chi connectivity index (χ2v) is 7.75. The normalized spacial score (nSPS) is 21.1. The highest BCUT2D eigenvalue weighted by molar-refractivity contribution is 6.00. The summed E-state index contributed by atoms with van der Waals surface area (Å²) in [5.74, 6) is 0.175. The lowest BCUT2D eigenvalue weighted by Gasteiger charge is -2.26. The molecule has 2 aliphatic heterocycles. The third kappa shape index (κ3) is 5.30. The van der Waals surface area contributed by atoms with Gasteiger partial charge in [-0.1, -0.05) is 26.0 Å². The Balaban J connectivity index is 1.46. The van der Waals surface area contributed by atoms with Gasteiger partial charge < -0.3 is 15.0 Å². The van der Waals surface area contributed by atoms with E-state index in [1.807, 2.05) is 12.1 Å². The Hall–Kier alpha value is -1.92. The lowest BCUT2D eigenvalue weighted by Crippen LogP contribution is -2.39. The monoisotopic (exact) mass is 373 g/mol. The summed E-state index contributed by atoms with van der Waals surface area (Å²) in [5, 5.41) is 3.01. The SMILES string of the molecule is CC(C)c1cccc(N2CC(C(=O)NCCCN3CCOCC3)CC2=O)c1. The minimum absolute atomic E-state index is 0.00663. The summed E-state index contributed by atoms with van der Waals surface area (Å²) < 4.78 is 5.34. The number of carbonyl (C=O) groups excluding carboxylic acids is 2. The maximum absolute atomic E-state index is 12.5. The predicted molar refractivity (Wildman–Crippen MR) is 106 cm³/mol. The third-order valence-corrected chi connectivity index (χ3v) is 5.40. The number of hydrogen-bond acceptors (Lipinski definition) is 4. The lowest BCUT2D eigenvalue weighted by molar-refractivity contribution is -0.126. The molecule has 6 heteroatoms. The topological polar surface area (TPSA) is 61.9 Å². The fourth-order valence-corrected chi connectivity index (χ4v) is 3.67. The summed E-state index contributed by atoms with van der Waals surface area (Å²) in [7, 11) is 0. The fourth-order valence-electron chi connectivity index (χ4n) is 3.67. The van der Waals surface area contributed by atoms with Crippen molar-refractivity contribution >= 4 is 17.5 Å². The molecule has 2 aliphatic rings. The molecular formula is C21H31N3O3. The molecule has 1 N–H and O–H groups in total. The maximum Gasteiger partial charge on any atom is 0.227 e. The van der Waals surface area contributed by atoms with E-state index in [0.29, 0.717) is 25.4 Å². The summed E-state index contributed by atoms with van der Waals surface area (Å²) in [6.07, 6.45) is 1.22. The number of ether oxygens (including phenoxy) is 1. The van der Waals surface area contributed by atoms with Crippen LogP contribution in [-0.2, 0) is 14.3 Å². The van der Waals surface area contributed by atoms with Crippen LogP contribution in [0.2, 0.25) is 0 Å². The summed E-state index contributed by atoms with van der Waals surface area (Å²) in [4.78, 5) is 29.0. The molecule has 0 spiro atoms. The van der Waals surface area contributed by atoms with E-state index < -0.39 is 0 Å².